The molecule has 0 aliphatic heterocycles. The van der Waals surface area contributed by atoms with Gasteiger partial charge in [0, 0.05) is 3.57 Å². The van der Waals surface area contributed by atoms with Crippen LogP contribution in [0.5, 0.6) is 0 Å². The van der Waals surface area contributed by atoms with E-state index < -0.39 is 6.04 Å². The lowest BCUT2D eigenvalue weighted by Gasteiger charge is -2.26. The molecule has 94 valence electrons. The van der Waals surface area contributed by atoms with Crippen LogP contribution in [0.3, 0.4) is 0 Å². The van der Waals surface area contributed by atoms with Crippen LogP contribution < -0.4 is 11.1 Å². The minimum atomic E-state index is -0.608. The highest BCUT2D eigenvalue weighted by Gasteiger charge is 2.27. The summed E-state index contributed by atoms with van der Waals surface area (Å²) in [5.41, 5.74) is 6.10. The summed E-state index contributed by atoms with van der Waals surface area (Å²) >= 11 is 1.97. The van der Waals surface area contributed by atoms with E-state index in [4.69, 9.17) is 5.73 Å². The third-order valence-corrected chi connectivity index (χ3v) is 3.30. The Labute approximate surface area is 114 Å². The number of carbonyl (C=O) groups is 1. The molecule has 0 unspecified atom stereocenters. The molecule has 1 rings (SSSR count). The highest BCUT2D eigenvalue weighted by Crippen LogP contribution is 2.22. The molecule has 1 amide bonds. The van der Waals surface area contributed by atoms with Crippen molar-refractivity contribution in [3.63, 3.8) is 0 Å². The number of halogens is 2. The molecule has 5 heteroatoms. The van der Waals surface area contributed by atoms with Crippen LogP contribution in [0.15, 0.2) is 18.2 Å². The van der Waals surface area contributed by atoms with Crippen molar-refractivity contribution in [1.29, 1.82) is 0 Å². The Bertz CT molecular complexity index is 429. The molecule has 1 atom stereocenters. The maximum Gasteiger partial charge on any atom is 0.241 e. The van der Waals surface area contributed by atoms with Gasteiger partial charge in [0.15, 0.2) is 0 Å². The van der Waals surface area contributed by atoms with Crippen LogP contribution in [-0.2, 0) is 4.79 Å². The lowest BCUT2D eigenvalue weighted by Crippen LogP contribution is -2.45. The molecule has 3 N–H and O–H groups in total. The summed E-state index contributed by atoms with van der Waals surface area (Å²) in [5.74, 6) is -0.588. The summed E-state index contributed by atoms with van der Waals surface area (Å²) < 4.78 is 13.5. The van der Waals surface area contributed by atoms with E-state index in [-0.39, 0.29) is 17.1 Å². The van der Waals surface area contributed by atoms with Crippen LogP contribution in [-0.4, -0.2) is 11.9 Å². The fourth-order valence-electron chi connectivity index (χ4n) is 1.19. The van der Waals surface area contributed by atoms with Crippen LogP contribution in [0, 0.1) is 14.8 Å². The smallest absolute Gasteiger partial charge is 0.241 e. The number of amides is 1. The Balaban J connectivity index is 2.82. The summed E-state index contributed by atoms with van der Waals surface area (Å²) in [6.45, 7) is 5.69. The third kappa shape index (κ3) is 3.92. The molecule has 0 heterocycles. The average Bonchev–Trinajstić information content (AvgIpc) is 2.19. The zero-order chi connectivity index (χ0) is 13.2. The maximum atomic E-state index is 12.9. The van der Waals surface area contributed by atoms with Crippen molar-refractivity contribution in [3.8, 4) is 0 Å². The van der Waals surface area contributed by atoms with E-state index in [0.717, 1.165) is 0 Å². The second-order valence-electron chi connectivity index (χ2n) is 4.96. The quantitative estimate of drug-likeness (QED) is 0.806. The number of hydrogen-bond donors (Lipinski definition) is 2. The normalized spacial score (nSPS) is 13.3. The molecule has 0 saturated heterocycles. The number of hydrogen-bond acceptors (Lipinski definition) is 2. The maximum absolute atomic E-state index is 12.9. The van der Waals surface area contributed by atoms with E-state index in [1.807, 2.05) is 43.4 Å². The molecule has 0 spiro atoms. The molecule has 3 nitrogen and oxygen atoms in total. The van der Waals surface area contributed by atoms with Gasteiger partial charge in [-0.05, 0) is 46.2 Å². The van der Waals surface area contributed by atoms with Crippen molar-refractivity contribution in [1.82, 2.24) is 0 Å². The Kier molecular flexibility index (Phi) is 4.48. The SMILES string of the molecule is CC(C)(C)[C@@H](N)C(=O)Nc1ccc(F)cc1I. The fraction of sp³-hybridized carbons (Fsp3) is 0.417. The minimum Gasteiger partial charge on any atom is -0.324 e. The number of benzene rings is 1. The van der Waals surface area contributed by atoms with Gasteiger partial charge in [0.2, 0.25) is 5.91 Å². The Morgan fingerprint density at radius 2 is 2.06 bits per heavy atom. The Hall–Kier alpha value is -0.690. The van der Waals surface area contributed by atoms with Crippen LogP contribution >= 0.6 is 22.6 Å². The van der Waals surface area contributed by atoms with Gasteiger partial charge in [0.05, 0.1) is 11.7 Å². The van der Waals surface area contributed by atoms with Crippen molar-refractivity contribution in [3.05, 3.63) is 27.6 Å². The van der Waals surface area contributed by atoms with Crippen molar-refractivity contribution in [2.45, 2.75) is 26.8 Å². The van der Waals surface area contributed by atoms with Gasteiger partial charge in [-0.25, -0.2) is 4.39 Å². The number of carbonyl (C=O) groups excluding carboxylic acids is 1. The van der Waals surface area contributed by atoms with E-state index >= 15 is 0 Å². The summed E-state index contributed by atoms with van der Waals surface area (Å²) in [6.07, 6.45) is 0. The fourth-order valence-corrected chi connectivity index (χ4v) is 1.81. The molecule has 0 saturated carbocycles. The predicted molar refractivity (Wildman–Crippen MR) is 75.2 cm³/mol. The van der Waals surface area contributed by atoms with Crippen molar-refractivity contribution >= 4 is 34.2 Å². The third-order valence-electron chi connectivity index (χ3n) is 2.40. The van der Waals surface area contributed by atoms with Crippen molar-refractivity contribution in [2.75, 3.05) is 5.32 Å². The molecule has 0 aliphatic carbocycles. The highest BCUT2D eigenvalue weighted by atomic mass is 127. The predicted octanol–water partition coefficient (Wildman–Crippen LogP) is 2.74. The van der Waals surface area contributed by atoms with Gasteiger partial charge >= 0.3 is 0 Å². The number of rotatable bonds is 2. The molecule has 0 aliphatic rings. The van der Waals surface area contributed by atoms with Crippen molar-refractivity contribution in [2.24, 2.45) is 11.1 Å². The summed E-state index contributed by atoms with van der Waals surface area (Å²) in [6, 6.07) is 3.59. The van der Waals surface area contributed by atoms with Crippen LogP contribution in [0.25, 0.3) is 0 Å². The van der Waals surface area contributed by atoms with Gasteiger partial charge in [-0.15, -0.1) is 0 Å². The molecule has 0 radical (unpaired) electrons. The minimum absolute atomic E-state index is 0.262. The number of nitrogens with two attached hydrogens (primary N) is 1. The largest absolute Gasteiger partial charge is 0.324 e. The molecule has 0 bridgehead atoms. The molecular formula is C12H16FIN2O. The number of anilines is 1. The first kappa shape index (κ1) is 14.4. The van der Waals surface area contributed by atoms with E-state index in [2.05, 4.69) is 5.32 Å². The molecule has 17 heavy (non-hydrogen) atoms. The monoisotopic (exact) mass is 350 g/mol. The van der Waals surface area contributed by atoms with Gasteiger partial charge in [0.1, 0.15) is 5.82 Å². The van der Waals surface area contributed by atoms with Gasteiger partial charge in [-0.1, -0.05) is 20.8 Å². The van der Waals surface area contributed by atoms with E-state index in [0.29, 0.717) is 9.26 Å². The molecular weight excluding hydrogens is 334 g/mol. The lowest BCUT2D eigenvalue weighted by atomic mass is 9.87. The van der Waals surface area contributed by atoms with Crippen molar-refractivity contribution < 1.29 is 9.18 Å². The molecule has 1 aromatic rings. The molecule has 0 aromatic heterocycles. The summed E-state index contributed by atoms with van der Waals surface area (Å²) in [7, 11) is 0. The van der Waals surface area contributed by atoms with E-state index in [1.54, 1.807) is 0 Å². The first-order valence-electron chi connectivity index (χ1n) is 5.23. The highest BCUT2D eigenvalue weighted by molar-refractivity contribution is 14.1. The van der Waals surface area contributed by atoms with Gasteiger partial charge in [-0.3, -0.25) is 4.79 Å². The lowest BCUT2D eigenvalue weighted by molar-refractivity contribution is -0.119. The first-order valence-corrected chi connectivity index (χ1v) is 6.31. The van der Waals surface area contributed by atoms with Gasteiger partial charge in [-0.2, -0.15) is 0 Å². The Morgan fingerprint density at radius 3 is 2.53 bits per heavy atom. The standard InChI is InChI=1S/C12H16FIN2O/c1-12(2,3)10(15)11(17)16-9-5-4-7(13)6-8(9)14/h4-6,10H,15H2,1-3H3,(H,16,17)/t10-/m0/s1. The van der Waals surface area contributed by atoms with E-state index in [1.165, 1.54) is 18.2 Å². The summed E-state index contributed by atoms with van der Waals surface area (Å²) in [5, 5.41) is 2.71. The van der Waals surface area contributed by atoms with Gasteiger partial charge in [0.25, 0.3) is 0 Å². The summed E-state index contributed by atoms with van der Waals surface area (Å²) in [4.78, 5) is 11.9. The van der Waals surface area contributed by atoms with E-state index in [9.17, 15) is 9.18 Å². The van der Waals surface area contributed by atoms with Crippen LogP contribution in [0.1, 0.15) is 20.8 Å². The topological polar surface area (TPSA) is 55.1 Å². The van der Waals surface area contributed by atoms with Crippen LogP contribution in [0.2, 0.25) is 0 Å². The average molecular weight is 350 g/mol. The molecule has 1 aromatic carbocycles. The van der Waals surface area contributed by atoms with Gasteiger partial charge < -0.3 is 11.1 Å². The van der Waals surface area contributed by atoms with Crippen LogP contribution in [0.4, 0.5) is 10.1 Å². The number of nitrogens with one attached hydrogen (secondary N) is 1. The zero-order valence-corrected chi connectivity index (χ0v) is 12.2. The zero-order valence-electron chi connectivity index (χ0n) is 10.1. The Morgan fingerprint density at radius 1 is 1.47 bits per heavy atom. The second-order valence-corrected chi connectivity index (χ2v) is 6.12. The second kappa shape index (κ2) is 5.30. The first-order chi connectivity index (χ1) is 7.71. The molecule has 0 fully saturated rings.